The molecule has 0 saturated heterocycles. The molecule has 0 heterocycles. The molecule has 0 aliphatic heterocycles. The van der Waals surface area contributed by atoms with Gasteiger partial charge >= 0.3 is 11.9 Å². The van der Waals surface area contributed by atoms with E-state index < -0.39 is 24.3 Å². The second-order valence-corrected chi connectivity index (χ2v) is 25.5. The molecule has 2 unspecified atom stereocenters. The average Bonchev–Trinajstić information content (AvgIpc) is 3.71. The summed E-state index contributed by atoms with van der Waals surface area (Å²) in [5.41, 5.74) is 0. The normalized spacial score (nSPS) is 13.4. The van der Waals surface area contributed by atoms with E-state index in [-0.39, 0.29) is 38.6 Å². The first-order chi connectivity index (χ1) is 43.6. The summed E-state index contributed by atoms with van der Waals surface area (Å²) in [7, 11) is 5.93. The molecule has 510 valence electrons. The summed E-state index contributed by atoms with van der Waals surface area (Å²) in [4.78, 5) is 37.5. The number of hydrogen-bond donors (Lipinski definition) is 0. The van der Waals surface area contributed by atoms with E-state index in [9.17, 15) is 19.5 Å². The number of unbranched alkanes of at least 4 members (excludes halogenated alkanes) is 32. The van der Waals surface area contributed by atoms with Gasteiger partial charge in [0, 0.05) is 12.8 Å². The maximum Gasteiger partial charge on any atom is 0.306 e. The smallest absolute Gasteiger partial charge is 0.306 e. The van der Waals surface area contributed by atoms with Crippen molar-refractivity contribution in [1.82, 2.24) is 0 Å². The third-order valence-corrected chi connectivity index (χ3v) is 15.7. The second-order valence-electron chi connectivity index (χ2n) is 25.5. The summed E-state index contributed by atoms with van der Waals surface area (Å²) >= 11 is 0. The number of carbonyl (C=O) groups is 3. The van der Waals surface area contributed by atoms with Crippen molar-refractivity contribution in [1.29, 1.82) is 0 Å². The van der Waals surface area contributed by atoms with Crippen LogP contribution in [0.15, 0.2) is 122 Å². The fourth-order valence-corrected chi connectivity index (χ4v) is 10.2. The molecule has 89 heavy (non-hydrogen) atoms. The van der Waals surface area contributed by atoms with Gasteiger partial charge in [0.15, 0.2) is 12.4 Å². The van der Waals surface area contributed by atoms with Gasteiger partial charge in [-0.3, -0.25) is 9.59 Å². The number of carboxylic acid groups (broad SMARTS) is 1. The molecular weight excluding hydrogens is 1100 g/mol. The first-order valence-electron chi connectivity index (χ1n) is 36.7. The lowest BCUT2D eigenvalue weighted by atomic mass is 10.0. The van der Waals surface area contributed by atoms with Crippen LogP contribution in [0.5, 0.6) is 0 Å². The standard InChI is InChI=1S/C80H137NO8/c1-6-8-10-12-14-16-18-20-22-24-26-28-30-32-34-36-37-38-39-40-41-43-44-46-48-50-52-54-56-58-60-62-64-66-68-70-77(82)87-74-76(75-88-80(79(84)85)86-73-72-81(3,4)5)89-78(83)71-69-67-65-63-61-59-57-55-53-51-49-47-45-42-35-33-31-29-27-25-23-21-19-17-15-13-11-9-7-2/h8-11,14-17,20-23,26-29,33,35,45,47,76,80H,6-7,12-13,18-19,24-25,30-32,34,36-44,46,48-75H2,1-5H3/b10-8-,11-9-,16-14-,17-15-,22-20-,23-21-,28-26-,29-27-,35-33-,47-45-. The first-order valence-corrected chi connectivity index (χ1v) is 36.7. The third kappa shape index (κ3) is 71.0. The SMILES string of the molecule is CC/C=C\C/C=C\C/C=C\C/C=C\C/C=C\C/C=C\CCCCCCCCCCCCC(=O)OC(COC(=O)CCCCCCCCCCCCCCCCCCCCCCCC/C=C\C/C=C\C/C=C\C/C=C\CC)COC(OCC[N+](C)(C)C)C(=O)[O-]. The highest BCUT2D eigenvalue weighted by Gasteiger charge is 2.22. The second kappa shape index (κ2) is 69.6. The molecule has 9 heteroatoms. The zero-order valence-electron chi connectivity index (χ0n) is 58.3. The fraction of sp³-hybridized carbons (Fsp3) is 0.713. The minimum Gasteiger partial charge on any atom is -0.545 e. The van der Waals surface area contributed by atoms with Crippen molar-refractivity contribution in [2.75, 3.05) is 47.5 Å². The van der Waals surface area contributed by atoms with Crippen LogP contribution < -0.4 is 5.11 Å². The Hall–Kier alpha value is -4.31. The maximum atomic E-state index is 12.9. The largest absolute Gasteiger partial charge is 0.545 e. The van der Waals surface area contributed by atoms with E-state index in [1.165, 1.54) is 167 Å². The average molecular weight is 1240 g/mol. The monoisotopic (exact) mass is 1240 g/mol. The van der Waals surface area contributed by atoms with E-state index in [0.717, 1.165) is 109 Å². The molecule has 0 spiro atoms. The zero-order valence-corrected chi connectivity index (χ0v) is 58.3. The molecule has 0 N–H and O–H groups in total. The molecule has 0 rings (SSSR count). The Morgan fingerprint density at radius 3 is 0.899 bits per heavy atom. The van der Waals surface area contributed by atoms with Crippen molar-refractivity contribution in [2.24, 2.45) is 0 Å². The summed E-state index contributed by atoms with van der Waals surface area (Å²) in [5, 5.41) is 11.8. The lowest BCUT2D eigenvalue weighted by Crippen LogP contribution is -2.44. The number of nitrogens with zero attached hydrogens (tertiary/aromatic N) is 1. The van der Waals surface area contributed by atoms with Gasteiger partial charge in [-0.1, -0.05) is 315 Å². The number of ether oxygens (including phenoxy) is 4. The van der Waals surface area contributed by atoms with Crippen molar-refractivity contribution >= 4 is 17.9 Å². The van der Waals surface area contributed by atoms with E-state index in [2.05, 4.69) is 135 Å². The van der Waals surface area contributed by atoms with Gasteiger partial charge in [-0.05, 0) is 103 Å². The number of likely N-dealkylation sites (N-methyl/N-ethyl adjacent to an activating group) is 1. The molecule has 0 aromatic carbocycles. The molecule has 0 aromatic heterocycles. The van der Waals surface area contributed by atoms with Crippen molar-refractivity contribution in [3.05, 3.63) is 122 Å². The number of rotatable bonds is 67. The molecule has 0 aliphatic rings. The Kier molecular flexibility index (Phi) is 66.2. The molecule has 0 aliphatic carbocycles. The number of quaternary nitrogens is 1. The molecule has 0 saturated carbocycles. The van der Waals surface area contributed by atoms with Gasteiger partial charge in [0.2, 0.25) is 0 Å². The van der Waals surface area contributed by atoms with E-state index >= 15 is 0 Å². The predicted molar refractivity (Wildman–Crippen MR) is 380 cm³/mol. The highest BCUT2D eigenvalue weighted by atomic mass is 16.7. The van der Waals surface area contributed by atoms with Crippen molar-refractivity contribution < 1.29 is 42.9 Å². The minimum atomic E-state index is -1.63. The Labute approximate surface area is 548 Å². The molecule has 0 amide bonds. The van der Waals surface area contributed by atoms with Gasteiger partial charge in [-0.25, -0.2) is 0 Å². The number of carboxylic acids is 1. The van der Waals surface area contributed by atoms with Crippen molar-refractivity contribution in [3.63, 3.8) is 0 Å². The zero-order chi connectivity index (χ0) is 64.7. The summed E-state index contributed by atoms with van der Waals surface area (Å²) in [6, 6.07) is 0. The highest BCUT2D eigenvalue weighted by molar-refractivity contribution is 5.70. The minimum absolute atomic E-state index is 0.143. The molecule has 0 bridgehead atoms. The first kappa shape index (κ1) is 84.7. The van der Waals surface area contributed by atoms with Crippen LogP contribution in [0.2, 0.25) is 0 Å². The van der Waals surface area contributed by atoms with E-state index in [4.69, 9.17) is 18.9 Å². The van der Waals surface area contributed by atoms with Crippen LogP contribution >= 0.6 is 0 Å². The van der Waals surface area contributed by atoms with E-state index in [0.29, 0.717) is 17.4 Å². The topological polar surface area (TPSA) is 111 Å². The van der Waals surface area contributed by atoms with Crippen LogP contribution in [-0.4, -0.2) is 82.3 Å². The quantitative estimate of drug-likeness (QED) is 0.0195. The molecule has 2 atom stereocenters. The van der Waals surface area contributed by atoms with Gasteiger partial charge in [0.05, 0.1) is 40.3 Å². The summed E-state index contributed by atoms with van der Waals surface area (Å²) in [6.45, 7) is 4.54. The van der Waals surface area contributed by atoms with Gasteiger partial charge in [0.25, 0.3) is 0 Å². The van der Waals surface area contributed by atoms with Crippen molar-refractivity contribution in [3.8, 4) is 0 Å². The number of esters is 2. The Morgan fingerprint density at radius 2 is 0.607 bits per heavy atom. The van der Waals surface area contributed by atoms with Crippen molar-refractivity contribution in [2.45, 2.75) is 322 Å². The molecule has 0 radical (unpaired) electrons. The lowest BCUT2D eigenvalue weighted by Gasteiger charge is -2.26. The summed E-state index contributed by atoms with van der Waals surface area (Å²) < 4.78 is 22.8. The lowest BCUT2D eigenvalue weighted by molar-refractivity contribution is -0.870. The molecule has 0 aromatic rings. The Balaban J connectivity index is 4.07. The maximum absolute atomic E-state index is 12.9. The van der Waals surface area contributed by atoms with Crippen LogP contribution in [0, 0.1) is 0 Å². The van der Waals surface area contributed by atoms with Crippen LogP contribution in [0.3, 0.4) is 0 Å². The van der Waals surface area contributed by atoms with E-state index in [1.807, 2.05) is 21.1 Å². The molecule has 0 fully saturated rings. The number of hydrogen-bond acceptors (Lipinski definition) is 8. The van der Waals surface area contributed by atoms with Gasteiger partial charge in [0.1, 0.15) is 13.2 Å². The third-order valence-electron chi connectivity index (χ3n) is 15.7. The number of aliphatic carboxylic acids is 1. The van der Waals surface area contributed by atoms with Crippen LogP contribution in [0.4, 0.5) is 0 Å². The van der Waals surface area contributed by atoms with Crippen LogP contribution in [-0.2, 0) is 33.3 Å². The van der Waals surface area contributed by atoms with Crippen LogP contribution in [0.25, 0.3) is 0 Å². The summed E-state index contributed by atoms with van der Waals surface area (Å²) in [5.74, 6) is -2.28. The van der Waals surface area contributed by atoms with E-state index in [1.54, 1.807) is 0 Å². The van der Waals surface area contributed by atoms with Crippen LogP contribution in [0.1, 0.15) is 309 Å². The molecule has 9 nitrogen and oxygen atoms in total. The summed E-state index contributed by atoms with van der Waals surface area (Å²) in [6.07, 6.45) is 95.8. The molecular formula is C80H137NO8. The van der Waals surface area contributed by atoms with Gasteiger partial charge < -0.3 is 33.3 Å². The Bertz CT molecular complexity index is 1880. The number of carbonyl (C=O) groups excluding carboxylic acids is 3. The van der Waals surface area contributed by atoms with Gasteiger partial charge in [-0.2, -0.15) is 0 Å². The Morgan fingerprint density at radius 1 is 0.337 bits per heavy atom. The predicted octanol–water partition coefficient (Wildman–Crippen LogP) is 21.8. The number of allylic oxidation sites excluding steroid dienone is 20. The highest BCUT2D eigenvalue weighted by Crippen LogP contribution is 2.18. The van der Waals surface area contributed by atoms with Gasteiger partial charge in [-0.15, -0.1) is 0 Å². The fourth-order valence-electron chi connectivity index (χ4n) is 10.2.